The monoisotopic (exact) mass is 434 g/mol. The molecule has 0 unspecified atom stereocenters. The Kier molecular flexibility index (Phi) is 5.86. The first-order valence-electron chi connectivity index (χ1n) is 9.60. The van der Waals surface area contributed by atoms with Gasteiger partial charge < -0.3 is 10.1 Å². The van der Waals surface area contributed by atoms with Crippen molar-refractivity contribution in [2.24, 2.45) is 0 Å². The summed E-state index contributed by atoms with van der Waals surface area (Å²) in [6, 6.07) is 11.3. The average molecular weight is 434 g/mol. The first-order valence-corrected chi connectivity index (χ1v) is 10.4. The van der Waals surface area contributed by atoms with Gasteiger partial charge in [0.1, 0.15) is 11.1 Å². The molecule has 1 N–H and O–H groups in total. The van der Waals surface area contributed by atoms with Crippen LogP contribution in [0, 0.1) is 18.3 Å². The summed E-state index contributed by atoms with van der Waals surface area (Å²) in [5.74, 6) is -0.865. The predicted octanol–water partition coefficient (Wildman–Crippen LogP) is 2.58. The minimum Gasteiger partial charge on any atom is -0.451 e. The van der Waals surface area contributed by atoms with Crippen LogP contribution in [0.1, 0.15) is 33.8 Å². The van der Waals surface area contributed by atoms with Crippen molar-refractivity contribution in [1.82, 2.24) is 20.2 Å². The number of hydrogen-bond donors (Lipinski definition) is 1. The molecular weight excluding hydrogens is 416 g/mol. The number of aromatic nitrogens is 4. The molecule has 1 aliphatic rings. The number of esters is 1. The Morgan fingerprint density at radius 3 is 2.84 bits per heavy atom. The molecule has 2 heterocycles. The van der Waals surface area contributed by atoms with Crippen LogP contribution in [-0.2, 0) is 27.2 Å². The molecule has 1 aliphatic carbocycles. The molecule has 0 saturated carbocycles. The van der Waals surface area contributed by atoms with Gasteiger partial charge in [-0.15, -0.1) is 16.4 Å². The normalized spacial score (nSPS) is 12.8. The van der Waals surface area contributed by atoms with Crippen LogP contribution in [0.3, 0.4) is 0 Å². The van der Waals surface area contributed by atoms with Crippen LogP contribution in [0.25, 0.3) is 11.8 Å². The number of aryl methyl sites for hydroxylation is 2. The third-order valence-corrected chi connectivity index (χ3v) is 5.99. The number of carbonyl (C=O) groups excluding carboxylic acids is 2. The lowest BCUT2D eigenvalue weighted by Crippen LogP contribution is -2.23. The molecule has 0 fully saturated rings. The van der Waals surface area contributed by atoms with E-state index in [2.05, 4.69) is 26.9 Å². The molecule has 9 nitrogen and oxygen atoms in total. The highest BCUT2D eigenvalue weighted by molar-refractivity contribution is 7.16. The molecule has 4 rings (SSSR count). The van der Waals surface area contributed by atoms with Crippen LogP contribution in [0.5, 0.6) is 0 Å². The molecule has 0 aliphatic heterocycles. The number of ether oxygens (including phenoxy) is 1. The minimum absolute atomic E-state index is 0.0781. The predicted molar refractivity (Wildman–Crippen MR) is 114 cm³/mol. The van der Waals surface area contributed by atoms with Gasteiger partial charge in [-0.3, -0.25) is 4.79 Å². The lowest BCUT2D eigenvalue weighted by Gasteiger charge is -2.09. The number of tetrazole rings is 1. The standard InChI is InChI=1S/C21H18N6O3S/c1-13-24-25-26-27(13)17(10-14-6-3-2-4-7-14)21(29)30-12-19(28)23-20-16(11-22)15-8-5-9-18(15)31-20/h2-4,6-7,10H,5,8-9,12H2,1H3,(H,23,28)/b17-10+. The maximum absolute atomic E-state index is 12.8. The Hall–Kier alpha value is -3.84. The van der Waals surface area contributed by atoms with E-state index in [0.717, 1.165) is 35.3 Å². The largest absolute Gasteiger partial charge is 0.451 e. The first kappa shape index (κ1) is 20.4. The molecule has 0 atom stereocenters. The maximum atomic E-state index is 12.8. The van der Waals surface area contributed by atoms with Crippen molar-refractivity contribution in [3.63, 3.8) is 0 Å². The third kappa shape index (κ3) is 4.36. The molecule has 10 heteroatoms. The van der Waals surface area contributed by atoms with E-state index in [0.29, 0.717) is 16.4 Å². The Balaban J connectivity index is 1.47. The third-order valence-electron chi connectivity index (χ3n) is 4.79. The summed E-state index contributed by atoms with van der Waals surface area (Å²) in [5.41, 5.74) is 2.35. The molecule has 0 spiro atoms. The van der Waals surface area contributed by atoms with Gasteiger partial charge in [-0.2, -0.15) is 9.94 Å². The SMILES string of the molecule is Cc1nnnn1/C(=C/c1ccccc1)C(=O)OCC(=O)Nc1sc2c(c1C#N)CCC2. The summed E-state index contributed by atoms with van der Waals surface area (Å²) >= 11 is 1.41. The molecular formula is C21H18N6O3S. The second-order valence-corrected chi connectivity index (χ2v) is 7.98. The van der Waals surface area contributed by atoms with Crippen molar-refractivity contribution in [1.29, 1.82) is 5.26 Å². The van der Waals surface area contributed by atoms with Crippen LogP contribution < -0.4 is 5.32 Å². The Labute approximate surface area is 182 Å². The molecule has 31 heavy (non-hydrogen) atoms. The lowest BCUT2D eigenvalue weighted by molar-refractivity contribution is -0.141. The summed E-state index contributed by atoms with van der Waals surface area (Å²) < 4.78 is 6.48. The highest BCUT2D eigenvalue weighted by Gasteiger charge is 2.24. The molecule has 2 aromatic heterocycles. The summed E-state index contributed by atoms with van der Waals surface area (Å²) in [5, 5.41) is 23.8. The quantitative estimate of drug-likeness (QED) is 0.467. The Morgan fingerprint density at radius 1 is 1.32 bits per heavy atom. The van der Waals surface area contributed by atoms with Crippen molar-refractivity contribution < 1.29 is 14.3 Å². The summed E-state index contributed by atoms with van der Waals surface area (Å²) in [6.45, 7) is 1.15. The van der Waals surface area contributed by atoms with E-state index in [1.54, 1.807) is 13.0 Å². The topological polar surface area (TPSA) is 123 Å². The van der Waals surface area contributed by atoms with Crippen molar-refractivity contribution in [2.75, 3.05) is 11.9 Å². The number of benzene rings is 1. The molecule has 0 radical (unpaired) electrons. The second kappa shape index (κ2) is 8.89. The fraction of sp³-hybridized carbons (Fsp3) is 0.238. The minimum atomic E-state index is -0.747. The number of thiophene rings is 1. The number of nitrogens with one attached hydrogen (secondary N) is 1. The van der Waals surface area contributed by atoms with Crippen LogP contribution in [-0.4, -0.2) is 38.7 Å². The molecule has 1 aromatic carbocycles. The van der Waals surface area contributed by atoms with E-state index in [-0.39, 0.29) is 5.70 Å². The number of nitriles is 1. The smallest absolute Gasteiger partial charge is 0.357 e. The average Bonchev–Trinajstić information content (AvgIpc) is 3.47. The molecule has 0 saturated heterocycles. The number of fused-ring (bicyclic) bond motifs is 1. The van der Waals surface area contributed by atoms with Crippen molar-refractivity contribution in [2.45, 2.75) is 26.2 Å². The van der Waals surface area contributed by atoms with Crippen LogP contribution in [0.2, 0.25) is 0 Å². The lowest BCUT2D eigenvalue weighted by atomic mass is 10.1. The van der Waals surface area contributed by atoms with Crippen molar-refractivity contribution >= 4 is 40.0 Å². The zero-order chi connectivity index (χ0) is 21.8. The highest BCUT2D eigenvalue weighted by Crippen LogP contribution is 2.38. The first-order chi connectivity index (χ1) is 15.1. The van der Waals surface area contributed by atoms with Gasteiger partial charge in [-0.25, -0.2) is 4.79 Å². The Morgan fingerprint density at radius 2 is 2.13 bits per heavy atom. The highest BCUT2D eigenvalue weighted by atomic mass is 32.1. The van der Waals surface area contributed by atoms with Crippen molar-refractivity contribution in [3.05, 3.63) is 57.7 Å². The van der Waals surface area contributed by atoms with E-state index >= 15 is 0 Å². The molecule has 156 valence electrons. The van der Waals surface area contributed by atoms with Gasteiger partial charge in [0.05, 0.1) is 5.56 Å². The van der Waals surface area contributed by atoms with Gasteiger partial charge in [0, 0.05) is 4.88 Å². The van der Waals surface area contributed by atoms with E-state index < -0.39 is 18.5 Å². The fourth-order valence-electron chi connectivity index (χ4n) is 3.35. The van der Waals surface area contributed by atoms with Crippen LogP contribution in [0.15, 0.2) is 30.3 Å². The van der Waals surface area contributed by atoms with Gasteiger partial charge >= 0.3 is 5.97 Å². The number of amides is 1. The Bertz CT molecular complexity index is 1210. The number of carbonyl (C=O) groups is 2. The van der Waals surface area contributed by atoms with Crippen LogP contribution >= 0.6 is 11.3 Å². The van der Waals surface area contributed by atoms with Gasteiger partial charge in [0.25, 0.3) is 5.91 Å². The van der Waals surface area contributed by atoms with Crippen molar-refractivity contribution in [3.8, 4) is 6.07 Å². The summed E-state index contributed by atoms with van der Waals surface area (Å²) in [6.07, 6.45) is 4.37. The van der Waals surface area contributed by atoms with E-state index in [1.165, 1.54) is 16.0 Å². The number of rotatable bonds is 6. The number of hydrogen-bond acceptors (Lipinski definition) is 8. The van der Waals surface area contributed by atoms with E-state index in [4.69, 9.17) is 4.74 Å². The summed E-state index contributed by atoms with van der Waals surface area (Å²) in [7, 11) is 0. The molecule has 3 aromatic rings. The molecule has 0 bridgehead atoms. The zero-order valence-corrected chi connectivity index (χ0v) is 17.5. The van der Waals surface area contributed by atoms with E-state index in [1.807, 2.05) is 30.3 Å². The second-order valence-electron chi connectivity index (χ2n) is 6.88. The van der Waals surface area contributed by atoms with Gasteiger partial charge in [0.15, 0.2) is 18.1 Å². The maximum Gasteiger partial charge on any atom is 0.357 e. The van der Waals surface area contributed by atoms with Gasteiger partial charge in [0.2, 0.25) is 0 Å². The molecule has 1 amide bonds. The van der Waals surface area contributed by atoms with E-state index in [9.17, 15) is 14.9 Å². The zero-order valence-electron chi connectivity index (χ0n) is 16.7. The number of anilines is 1. The summed E-state index contributed by atoms with van der Waals surface area (Å²) in [4.78, 5) is 26.3. The van der Waals surface area contributed by atoms with Crippen LogP contribution in [0.4, 0.5) is 5.00 Å². The van der Waals surface area contributed by atoms with Gasteiger partial charge in [-0.1, -0.05) is 30.3 Å². The van der Waals surface area contributed by atoms with Gasteiger partial charge in [-0.05, 0) is 53.8 Å². The number of nitrogens with zero attached hydrogens (tertiary/aromatic N) is 5. The fourth-order valence-corrected chi connectivity index (χ4v) is 4.60.